The Hall–Kier alpha value is -1.90. The van der Waals surface area contributed by atoms with Gasteiger partial charge in [-0.2, -0.15) is 11.3 Å². The zero-order chi connectivity index (χ0) is 14.9. The summed E-state index contributed by atoms with van der Waals surface area (Å²) in [5, 5.41) is 4.37. The SMILES string of the molecule is CN1Cc2cc(-c3ccsc3)ccc2[C@H](c2ccccc2)C1. The average Bonchev–Trinajstić information content (AvgIpc) is 3.09. The van der Waals surface area contributed by atoms with E-state index in [-0.39, 0.29) is 0 Å². The molecule has 0 bridgehead atoms. The molecule has 0 saturated carbocycles. The van der Waals surface area contributed by atoms with E-state index in [1.54, 1.807) is 11.3 Å². The third-order valence-electron chi connectivity index (χ3n) is 4.51. The topological polar surface area (TPSA) is 3.24 Å². The lowest BCUT2D eigenvalue weighted by molar-refractivity contribution is 0.295. The van der Waals surface area contributed by atoms with Gasteiger partial charge in [0.1, 0.15) is 0 Å². The average molecular weight is 305 g/mol. The van der Waals surface area contributed by atoms with E-state index in [1.807, 2.05) is 0 Å². The molecule has 22 heavy (non-hydrogen) atoms. The quantitative estimate of drug-likeness (QED) is 0.644. The van der Waals surface area contributed by atoms with Crippen molar-refractivity contribution in [3.05, 3.63) is 82.0 Å². The third-order valence-corrected chi connectivity index (χ3v) is 5.19. The maximum absolute atomic E-state index is 2.43. The Labute approximate surface area is 135 Å². The fraction of sp³-hybridized carbons (Fsp3) is 0.200. The van der Waals surface area contributed by atoms with E-state index in [4.69, 9.17) is 0 Å². The Kier molecular flexibility index (Phi) is 3.57. The van der Waals surface area contributed by atoms with Gasteiger partial charge in [0.15, 0.2) is 0 Å². The molecule has 4 rings (SSSR count). The Morgan fingerprint density at radius 3 is 2.64 bits per heavy atom. The van der Waals surface area contributed by atoms with E-state index < -0.39 is 0 Å². The van der Waals surface area contributed by atoms with Crippen LogP contribution in [0.1, 0.15) is 22.6 Å². The van der Waals surface area contributed by atoms with E-state index in [9.17, 15) is 0 Å². The molecule has 2 aromatic carbocycles. The molecule has 0 N–H and O–H groups in total. The highest BCUT2D eigenvalue weighted by molar-refractivity contribution is 7.08. The molecule has 1 atom stereocenters. The van der Waals surface area contributed by atoms with Crippen LogP contribution in [0.25, 0.3) is 11.1 Å². The summed E-state index contributed by atoms with van der Waals surface area (Å²) in [6.45, 7) is 2.13. The van der Waals surface area contributed by atoms with Crippen LogP contribution in [0.5, 0.6) is 0 Å². The molecule has 0 unspecified atom stereocenters. The van der Waals surface area contributed by atoms with Crippen LogP contribution >= 0.6 is 11.3 Å². The predicted octanol–water partition coefficient (Wildman–Crippen LogP) is 4.99. The predicted molar refractivity (Wildman–Crippen MR) is 94.4 cm³/mol. The van der Waals surface area contributed by atoms with E-state index in [2.05, 4.69) is 77.3 Å². The van der Waals surface area contributed by atoms with Gasteiger partial charge in [0.25, 0.3) is 0 Å². The number of hydrogen-bond acceptors (Lipinski definition) is 2. The van der Waals surface area contributed by atoms with Crippen molar-refractivity contribution in [3.63, 3.8) is 0 Å². The first-order valence-electron chi connectivity index (χ1n) is 7.70. The normalized spacial score (nSPS) is 18.1. The van der Waals surface area contributed by atoms with E-state index in [1.165, 1.54) is 27.8 Å². The highest BCUT2D eigenvalue weighted by Crippen LogP contribution is 2.35. The van der Waals surface area contributed by atoms with Crippen LogP contribution in [0.4, 0.5) is 0 Å². The lowest BCUT2D eigenvalue weighted by Crippen LogP contribution is -2.30. The highest BCUT2D eigenvalue weighted by Gasteiger charge is 2.24. The minimum Gasteiger partial charge on any atom is -0.301 e. The maximum Gasteiger partial charge on any atom is 0.0234 e. The zero-order valence-electron chi connectivity index (χ0n) is 12.7. The van der Waals surface area contributed by atoms with Crippen LogP contribution in [0.3, 0.4) is 0 Å². The molecule has 2 heterocycles. The monoisotopic (exact) mass is 305 g/mol. The van der Waals surface area contributed by atoms with Gasteiger partial charge >= 0.3 is 0 Å². The Bertz CT molecular complexity index is 762. The van der Waals surface area contributed by atoms with Crippen molar-refractivity contribution in [2.45, 2.75) is 12.5 Å². The van der Waals surface area contributed by atoms with Gasteiger partial charge in [-0.1, -0.05) is 42.5 Å². The zero-order valence-corrected chi connectivity index (χ0v) is 13.5. The fourth-order valence-corrected chi connectivity index (χ4v) is 4.09. The molecule has 3 aromatic rings. The second-order valence-corrected chi connectivity index (χ2v) is 6.87. The first-order chi connectivity index (χ1) is 10.8. The number of rotatable bonds is 2. The van der Waals surface area contributed by atoms with Crippen molar-refractivity contribution >= 4 is 11.3 Å². The van der Waals surface area contributed by atoms with E-state index in [0.717, 1.165) is 13.1 Å². The van der Waals surface area contributed by atoms with Crippen molar-refractivity contribution in [2.75, 3.05) is 13.6 Å². The van der Waals surface area contributed by atoms with Crippen molar-refractivity contribution in [3.8, 4) is 11.1 Å². The molecule has 1 aliphatic heterocycles. The molecule has 0 amide bonds. The fourth-order valence-electron chi connectivity index (χ4n) is 3.43. The first kappa shape index (κ1) is 13.7. The van der Waals surface area contributed by atoms with Gasteiger partial charge in [-0.3, -0.25) is 0 Å². The van der Waals surface area contributed by atoms with E-state index in [0.29, 0.717) is 5.92 Å². The number of benzene rings is 2. The second kappa shape index (κ2) is 5.71. The molecular weight excluding hydrogens is 286 g/mol. The summed E-state index contributed by atoms with van der Waals surface area (Å²) in [6, 6.07) is 20.1. The molecule has 0 radical (unpaired) electrons. The maximum atomic E-state index is 2.43. The molecular formula is C20H19NS. The summed E-state index contributed by atoms with van der Waals surface area (Å²) in [7, 11) is 2.22. The molecule has 2 heteroatoms. The summed E-state index contributed by atoms with van der Waals surface area (Å²) in [5.41, 5.74) is 7.03. The lowest BCUT2D eigenvalue weighted by Gasteiger charge is -2.33. The van der Waals surface area contributed by atoms with Gasteiger partial charge in [-0.25, -0.2) is 0 Å². The summed E-state index contributed by atoms with van der Waals surface area (Å²) in [6.07, 6.45) is 0. The largest absolute Gasteiger partial charge is 0.301 e. The van der Waals surface area contributed by atoms with Crippen molar-refractivity contribution < 1.29 is 0 Å². The molecule has 1 aliphatic rings. The second-order valence-electron chi connectivity index (χ2n) is 6.09. The summed E-state index contributed by atoms with van der Waals surface area (Å²) in [4.78, 5) is 2.43. The molecule has 110 valence electrons. The van der Waals surface area contributed by atoms with Gasteiger partial charge in [0.05, 0.1) is 0 Å². The smallest absolute Gasteiger partial charge is 0.0234 e. The van der Waals surface area contributed by atoms with Gasteiger partial charge in [0, 0.05) is 19.0 Å². The number of fused-ring (bicyclic) bond motifs is 1. The van der Waals surface area contributed by atoms with Gasteiger partial charge in [-0.15, -0.1) is 0 Å². The van der Waals surface area contributed by atoms with Crippen LogP contribution in [0.2, 0.25) is 0 Å². The van der Waals surface area contributed by atoms with Crippen molar-refractivity contribution in [1.82, 2.24) is 4.90 Å². The standard InChI is InChI=1S/C20H19NS/c1-21-12-18-11-16(17-9-10-22-14-17)7-8-19(18)20(13-21)15-5-3-2-4-6-15/h2-11,14,20H,12-13H2,1H3/t20-/m0/s1. The summed E-state index contributed by atoms with van der Waals surface area (Å²) < 4.78 is 0. The third kappa shape index (κ3) is 2.49. The van der Waals surface area contributed by atoms with Crippen molar-refractivity contribution in [1.29, 1.82) is 0 Å². The van der Waals surface area contributed by atoms with Crippen molar-refractivity contribution in [2.24, 2.45) is 0 Å². The van der Waals surface area contributed by atoms with Gasteiger partial charge in [-0.05, 0) is 57.8 Å². The molecule has 0 saturated heterocycles. The molecule has 0 aliphatic carbocycles. The molecule has 1 aromatic heterocycles. The Morgan fingerprint density at radius 2 is 1.86 bits per heavy atom. The molecule has 0 spiro atoms. The Balaban J connectivity index is 1.78. The van der Waals surface area contributed by atoms with Crippen LogP contribution in [0, 0.1) is 0 Å². The first-order valence-corrected chi connectivity index (χ1v) is 8.64. The highest BCUT2D eigenvalue weighted by atomic mass is 32.1. The van der Waals surface area contributed by atoms with Crippen LogP contribution in [0.15, 0.2) is 65.4 Å². The number of nitrogens with zero attached hydrogens (tertiary/aromatic N) is 1. The lowest BCUT2D eigenvalue weighted by atomic mass is 9.84. The number of likely N-dealkylation sites (N-methyl/N-ethyl adjacent to an activating group) is 1. The van der Waals surface area contributed by atoms with E-state index >= 15 is 0 Å². The van der Waals surface area contributed by atoms with Crippen LogP contribution in [-0.2, 0) is 6.54 Å². The van der Waals surface area contributed by atoms with Gasteiger partial charge < -0.3 is 4.90 Å². The molecule has 0 fully saturated rings. The van der Waals surface area contributed by atoms with Crippen LogP contribution in [-0.4, -0.2) is 18.5 Å². The summed E-state index contributed by atoms with van der Waals surface area (Å²) >= 11 is 1.76. The molecule has 1 nitrogen and oxygen atoms in total. The van der Waals surface area contributed by atoms with Crippen LogP contribution < -0.4 is 0 Å². The Morgan fingerprint density at radius 1 is 1.00 bits per heavy atom. The summed E-state index contributed by atoms with van der Waals surface area (Å²) in [5.74, 6) is 0.478. The minimum atomic E-state index is 0.478. The van der Waals surface area contributed by atoms with Gasteiger partial charge in [0.2, 0.25) is 0 Å². The number of hydrogen-bond donors (Lipinski definition) is 0. The minimum absolute atomic E-state index is 0.478. The number of thiophene rings is 1.